The van der Waals surface area contributed by atoms with Gasteiger partial charge in [0.25, 0.3) is 0 Å². The first-order chi connectivity index (χ1) is 8.02. The normalized spacial score (nSPS) is 11.9. The molecule has 0 aliphatic heterocycles. The predicted octanol–water partition coefficient (Wildman–Crippen LogP) is 0.0337. The molecule has 7 heteroatoms. The molecule has 0 saturated heterocycles. The van der Waals surface area contributed by atoms with E-state index in [0.717, 1.165) is 0 Å². The zero-order chi connectivity index (χ0) is 12.8. The van der Waals surface area contributed by atoms with Crippen LogP contribution in [0.5, 0.6) is 0 Å². The summed E-state index contributed by atoms with van der Waals surface area (Å²) in [5, 5.41) is 8.88. The molecule has 1 unspecified atom stereocenters. The molecule has 0 bridgehead atoms. The van der Waals surface area contributed by atoms with Crippen LogP contribution in [0.15, 0.2) is 10.6 Å². The van der Waals surface area contributed by atoms with Crippen molar-refractivity contribution >= 4 is 24.4 Å². The number of amides is 2. The average molecular weight is 257 g/mol. The fourth-order valence-electron chi connectivity index (χ4n) is 1.24. The molecule has 0 saturated carbocycles. The molecular formula is C10H15N3O3S. The molecule has 94 valence electrons. The topological polar surface area (TPSA) is 84.2 Å². The summed E-state index contributed by atoms with van der Waals surface area (Å²) in [5.41, 5.74) is 0.636. The maximum atomic E-state index is 11.7. The summed E-state index contributed by atoms with van der Waals surface area (Å²) in [7, 11) is 0. The van der Waals surface area contributed by atoms with E-state index < -0.39 is 6.04 Å². The number of carbonyl (C=O) groups excluding carboxylic acids is 2. The van der Waals surface area contributed by atoms with Crippen LogP contribution in [-0.4, -0.2) is 28.8 Å². The molecular weight excluding hydrogens is 242 g/mol. The second kappa shape index (κ2) is 6.29. The molecule has 1 atom stereocenters. The molecule has 17 heavy (non-hydrogen) atoms. The number of nitrogens with one attached hydrogen (secondary N) is 2. The van der Waals surface area contributed by atoms with E-state index in [0.29, 0.717) is 11.5 Å². The molecule has 2 N–H and O–H groups in total. The first kappa shape index (κ1) is 13.6. The van der Waals surface area contributed by atoms with Crippen LogP contribution in [0.3, 0.4) is 0 Å². The van der Waals surface area contributed by atoms with Crippen LogP contribution in [0.4, 0.5) is 0 Å². The predicted molar refractivity (Wildman–Crippen MR) is 64.5 cm³/mol. The van der Waals surface area contributed by atoms with Crippen molar-refractivity contribution < 1.29 is 14.1 Å². The van der Waals surface area contributed by atoms with Crippen molar-refractivity contribution in [3.63, 3.8) is 0 Å². The van der Waals surface area contributed by atoms with Crippen molar-refractivity contribution in [3.8, 4) is 0 Å². The van der Waals surface area contributed by atoms with E-state index in [4.69, 9.17) is 4.52 Å². The molecule has 6 nitrogen and oxygen atoms in total. The quantitative estimate of drug-likeness (QED) is 0.650. The van der Waals surface area contributed by atoms with Crippen LogP contribution in [-0.2, 0) is 16.1 Å². The van der Waals surface area contributed by atoms with Crippen molar-refractivity contribution in [2.45, 2.75) is 26.4 Å². The standard InChI is InChI=1S/C10H15N3O3S/c1-6-3-8(13-16-6)4-11-10(15)9(5-17)12-7(2)14/h3,9,17H,4-5H2,1-2H3,(H,11,15)(H,12,14). The van der Waals surface area contributed by atoms with Crippen molar-refractivity contribution in [2.24, 2.45) is 0 Å². The molecule has 0 spiro atoms. The minimum Gasteiger partial charge on any atom is -0.361 e. The van der Waals surface area contributed by atoms with Crippen LogP contribution >= 0.6 is 12.6 Å². The monoisotopic (exact) mass is 257 g/mol. The van der Waals surface area contributed by atoms with Gasteiger partial charge in [0.05, 0.1) is 6.54 Å². The number of nitrogens with zero attached hydrogens (tertiary/aromatic N) is 1. The summed E-state index contributed by atoms with van der Waals surface area (Å²) in [6, 6.07) is 1.10. The number of hydrogen-bond acceptors (Lipinski definition) is 5. The Bertz CT molecular complexity index is 405. The van der Waals surface area contributed by atoms with Crippen molar-refractivity contribution in [3.05, 3.63) is 17.5 Å². The van der Waals surface area contributed by atoms with Gasteiger partial charge in [-0.2, -0.15) is 12.6 Å². The van der Waals surface area contributed by atoms with E-state index in [1.165, 1.54) is 6.92 Å². The molecule has 2 amide bonds. The molecule has 0 aliphatic carbocycles. The Morgan fingerprint density at radius 3 is 2.76 bits per heavy atom. The first-order valence-corrected chi connectivity index (χ1v) is 5.74. The molecule has 1 aromatic rings. The molecule has 0 aliphatic rings. The third kappa shape index (κ3) is 4.48. The lowest BCUT2D eigenvalue weighted by atomic mass is 10.3. The van der Waals surface area contributed by atoms with Gasteiger partial charge in [0.1, 0.15) is 17.5 Å². The Labute approximate surface area is 105 Å². The lowest BCUT2D eigenvalue weighted by Crippen LogP contribution is -2.47. The zero-order valence-electron chi connectivity index (χ0n) is 9.69. The first-order valence-electron chi connectivity index (χ1n) is 5.10. The number of aryl methyl sites for hydroxylation is 1. The minimum absolute atomic E-state index is 0.239. The van der Waals surface area contributed by atoms with E-state index in [2.05, 4.69) is 28.4 Å². The van der Waals surface area contributed by atoms with Crippen LogP contribution in [0, 0.1) is 6.92 Å². The number of aromatic nitrogens is 1. The van der Waals surface area contributed by atoms with Gasteiger partial charge in [-0.25, -0.2) is 0 Å². The van der Waals surface area contributed by atoms with Crippen LogP contribution in [0.25, 0.3) is 0 Å². The minimum atomic E-state index is -0.635. The highest BCUT2D eigenvalue weighted by Gasteiger charge is 2.17. The van der Waals surface area contributed by atoms with Gasteiger partial charge in [-0.05, 0) is 6.92 Å². The van der Waals surface area contributed by atoms with Gasteiger partial charge < -0.3 is 15.2 Å². The van der Waals surface area contributed by atoms with Gasteiger partial charge in [0, 0.05) is 18.7 Å². The third-order valence-corrected chi connectivity index (χ3v) is 2.36. The van der Waals surface area contributed by atoms with Crippen LogP contribution < -0.4 is 10.6 Å². The highest BCUT2D eigenvalue weighted by atomic mass is 32.1. The maximum absolute atomic E-state index is 11.7. The van der Waals surface area contributed by atoms with Gasteiger partial charge in [-0.3, -0.25) is 9.59 Å². The Hall–Kier alpha value is -1.50. The molecule has 0 radical (unpaired) electrons. The fraction of sp³-hybridized carbons (Fsp3) is 0.500. The molecule has 0 fully saturated rings. The van der Waals surface area contributed by atoms with Gasteiger partial charge >= 0.3 is 0 Å². The van der Waals surface area contributed by atoms with Gasteiger partial charge in [0.15, 0.2) is 0 Å². The van der Waals surface area contributed by atoms with Crippen molar-refractivity contribution in [1.29, 1.82) is 0 Å². The second-order valence-corrected chi connectivity index (χ2v) is 3.95. The Morgan fingerprint density at radius 2 is 2.29 bits per heavy atom. The second-order valence-electron chi connectivity index (χ2n) is 3.58. The number of rotatable bonds is 5. The molecule has 1 rings (SSSR count). The third-order valence-electron chi connectivity index (χ3n) is 2.00. The SMILES string of the molecule is CC(=O)NC(CS)C(=O)NCc1cc(C)on1. The summed E-state index contributed by atoms with van der Waals surface area (Å²) >= 11 is 4.00. The summed E-state index contributed by atoms with van der Waals surface area (Å²) in [5.74, 6) is 0.359. The van der Waals surface area contributed by atoms with Crippen molar-refractivity contribution in [1.82, 2.24) is 15.8 Å². The number of hydrogen-bond donors (Lipinski definition) is 3. The van der Waals surface area contributed by atoms with Gasteiger partial charge in [0.2, 0.25) is 11.8 Å². The Morgan fingerprint density at radius 1 is 1.59 bits per heavy atom. The summed E-state index contributed by atoms with van der Waals surface area (Å²) in [4.78, 5) is 22.5. The lowest BCUT2D eigenvalue weighted by molar-refractivity contribution is -0.127. The van der Waals surface area contributed by atoms with E-state index >= 15 is 0 Å². The largest absolute Gasteiger partial charge is 0.361 e. The highest BCUT2D eigenvalue weighted by molar-refractivity contribution is 7.80. The van der Waals surface area contributed by atoms with E-state index in [1.807, 2.05) is 0 Å². The summed E-state index contributed by atoms with van der Waals surface area (Å²) in [6.07, 6.45) is 0. The fourth-order valence-corrected chi connectivity index (χ4v) is 1.50. The van der Waals surface area contributed by atoms with E-state index in [-0.39, 0.29) is 24.1 Å². The van der Waals surface area contributed by atoms with E-state index in [1.54, 1.807) is 13.0 Å². The van der Waals surface area contributed by atoms with Crippen LogP contribution in [0.1, 0.15) is 18.4 Å². The van der Waals surface area contributed by atoms with Crippen molar-refractivity contribution in [2.75, 3.05) is 5.75 Å². The molecule has 1 aromatic heterocycles. The lowest BCUT2D eigenvalue weighted by Gasteiger charge is -2.14. The molecule has 1 heterocycles. The highest BCUT2D eigenvalue weighted by Crippen LogP contribution is 2.00. The van der Waals surface area contributed by atoms with E-state index in [9.17, 15) is 9.59 Å². The average Bonchev–Trinajstić information content (AvgIpc) is 2.68. The molecule has 0 aromatic carbocycles. The maximum Gasteiger partial charge on any atom is 0.243 e. The zero-order valence-corrected chi connectivity index (χ0v) is 10.6. The summed E-state index contributed by atoms with van der Waals surface area (Å²) < 4.78 is 4.86. The number of carbonyl (C=O) groups is 2. The summed E-state index contributed by atoms with van der Waals surface area (Å²) in [6.45, 7) is 3.39. The van der Waals surface area contributed by atoms with Crippen LogP contribution in [0.2, 0.25) is 0 Å². The smallest absolute Gasteiger partial charge is 0.243 e. The Balaban J connectivity index is 2.44. The number of thiol groups is 1. The van der Waals surface area contributed by atoms with Gasteiger partial charge in [-0.1, -0.05) is 5.16 Å². The Kier molecular flexibility index (Phi) is 5.02. The van der Waals surface area contributed by atoms with Gasteiger partial charge in [-0.15, -0.1) is 0 Å².